The number of hydrogen-bond donors (Lipinski definition) is 6. The summed E-state index contributed by atoms with van der Waals surface area (Å²) >= 11 is 0. The van der Waals surface area contributed by atoms with E-state index in [9.17, 15) is 38.7 Å². The van der Waals surface area contributed by atoms with Crippen LogP contribution in [0.4, 0.5) is 0 Å². The standard InChI is InChI=1S/C68H95N7O9.HI/c1-42(2)16-13-17-44(5)53-28-29-54-52-27-24-49-39-51(30-32-67(49,7)55(52)31-33-68(53,54)8)84-66(83)58(36-43(3)4)73-63(80)56(37-46-18-11-10-12-19-46)71-60(77)40-69-61(78)45(6)70-62(79)57(38-47-22-25-50(76)26-23-47)72-64(81)59-21-15-35-75(59)65(82)48-20-14-34-74(9)41-48;/h10-12,14,18-20,22-26,34,41-45,51-59H,13,15-17,21,27-33,35-40H2,1-9H3,(H5-,69,70,71,72,73,76,77,78,79,80,81);1H/t44-,45-,51+,52+,53-,54+,55+,56+,57+,58-,59+,67+,68-;/m1./s1. The Morgan fingerprint density at radius 1 is 0.729 bits per heavy atom. The second kappa shape index (κ2) is 29.7. The van der Waals surface area contributed by atoms with E-state index in [4.69, 9.17) is 4.74 Å². The number of aryl methyl sites for hydroxylation is 1. The minimum absolute atomic E-state index is 0. The summed E-state index contributed by atoms with van der Waals surface area (Å²) in [4.78, 5) is 99.1. The third-order valence-electron chi connectivity index (χ3n) is 20.0. The molecule has 4 fully saturated rings. The van der Waals surface area contributed by atoms with E-state index in [-0.39, 0.29) is 65.9 Å². The summed E-state index contributed by atoms with van der Waals surface area (Å²) in [5.74, 6) is 0.498. The van der Waals surface area contributed by atoms with E-state index in [0.717, 1.165) is 48.5 Å². The van der Waals surface area contributed by atoms with E-state index in [1.54, 1.807) is 48.3 Å². The molecule has 8 rings (SSSR count). The molecule has 85 heavy (non-hydrogen) atoms. The Hall–Kier alpha value is -5.85. The van der Waals surface area contributed by atoms with Crippen molar-refractivity contribution in [3.05, 3.63) is 107 Å². The second-order valence-electron chi connectivity index (χ2n) is 26.9. The van der Waals surface area contributed by atoms with E-state index in [1.807, 2.05) is 44.2 Å². The maximum absolute atomic E-state index is 14.4. The summed E-state index contributed by atoms with van der Waals surface area (Å²) in [5.41, 5.74) is 3.71. The Balaban J connectivity index is 0.0000104. The molecule has 1 aromatic heterocycles. The van der Waals surface area contributed by atoms with Crippen LogP contribution in [0.1, 0.15) is 167 Å². The van der Waals surface area contributed by atoms with Gasteiger partial charge in [-0.25, -0.2) is 9.36 Å². The minimum Gasteiger partial charge on any atom is -1.00 e. The number of halogens is 1. The van der Waals surface area contributed by atoms with Crippen LogP contribution in [0.5, 0.6) is 5.75 Å². The molecule has 16 nitrogen and oxygen atoms in total. The smallest absolute Gasteiger partial charge is 0.328 e. The number of carbonyl (C=O) groups is 7. The predicted molar refractivity (Wildman–Crippen MR) is 322 cm³/mol. The number of carbonyl (C=O) groups excluding carboxylic acids is 7. The molecule has 6 N–H and O–H groups in total. The quantitative estimate of drug-likeness (QED) is 0.0293. The average Bonchev–Trinajstić information content (AvgIpc) is 2.11. The molecular weight excluding hydrogens is 1190 g/mol. The zero-order chi connectivity index (χ0) is 60.5. The zero-order valence-corrected chi connectivity index (χ0v) is 54.0. The number of rotatable bonds is 24. The molecule has 4 aliphatic carbocycles. The van der Waals surface area contributed by atoms with E-state index >= 15 is 0 Å². The van der Waals surface area contributed by atoms with Gasteiger partial charge in [0.1, 0.15) is 54.7 Å². The van der Waals surface area contributed by atoms with Gasteiger partial charge in [-0.3, -0.25) is 28.8 Å². The topological polar surface area (TPSA) is 216 Å². The lowest BCUT2D eigenvalue weighted by Crippen LogP contribution is -3.00. The van der Waals surface area contributed by atoms with Crippen molar-refractivity contribution in [2.24, 2.45) is 59.3 Å². The largest absolute Gasteiger partial charge is 1.00 e. The van der Waals surface area contributed by atoms with Gasteiger partial charge in [-0.1, -0.05) is 122 Å². The van der Waals surface area contributed by atoms with Gasteiger partial charge < -0.3 is 65.3 Å². The monoisotopic (exact) mass is 1280 g/mol. The lowest BCUT2D eigenvalue weighted by atomic mass is 9.47. The van der Waals surface area contributed by atoms with Gasteiger partial charge in [0.25, 0.3) is 5.91 Å². The van der Waals surface area contributed by atoms with E-state index in [0.29, 0.717) is 60.6 Å². The number of phenols is 1. The highest BCUT2D eigenvalue weighted by Gasteiger charge is 2.59. The first-order valence-electron chi connectivity index (χ1n) is 31.5. The number of aromatic hydroxyl groups is 1. The van der Waals surface area contributed by atoms with Crippen molar-refractivity contribution < 1.29 is 71.9 Å². The average molecular weight is 1280 g/mol. The molecule has 5 aliphatic rings. The maximum Gasteiger partial charge on any atom is 0.328 e. The minimum atomic E-state index is -1.19. The highest BCUT2D eigenvalue weighted by Crippen LogP contribution is 2.67. The molecule has 3 saturated carbocycles. The van der Waals surface area contributed by atoms with Crippen LogP contribution in [0.2, 0.25) is 0 Å². The lowest BCUT2D eigenvalue weighted by Gasteiger charge is -2.58. The third-order valence-corrected chi connectivity index (χ3v) is 20.0. The van der Waals surface area contributed by atoms with Crippen LogP contribution in [-0.4, -0.2) is 101 Å². The molecule has 17 heteroatoms. The highest BCUT2D eigenvalue weighted by molar-refractivity contribution is 5.99. The van der Waals surface area contributed by atoms with Crippen LogP contribution < -0.4 is 55.1 Å². The molecule has 1 aliphatic heterocycles. The number of allylic oxidation sites excluding steroid dienone is 1. The van der Waals surface area contributed by atoms with E-state index < -0.39 is 72.3 Å². The summed E-state index contributed by atoms with van der Waals surface area (Å²) in [5, 5.41) is 23.7. The first kappa shape index (κ1) is 66.7. The number of fused-ring (bicyclic) bond motifs is 5. The molecule has 464 valence electrons. The van der Waals surface area contributed by atoms with Gasteiger partial charge in [-0.15, -0.1) is 0 Å². The zero-order valence-electron chi connectivity index (χ0n) is 51.8. The Morgan fingerprint density at radius 2 is 1.42 bits per heavy atom. The number of esters is 1. The number of nitrogens with zero attached hydrogens (tertiary/aromatic N) is 2. The highest BCUT2D eigenvalue weighted by atomic mass is 127. The first-order valence-corrected chi connectivity index (χ1v) is 31.5. The molecular formula is C68H96IN7O9. The van der Waals surface area contributed by atoms with Crippen LogP contribution in [-0.2, 0) is 53.4 Å². The van der Waals surface area contributed by atoms with Crippen LogP contribution in [0, 0.1) is 52.3 Å². The molecule has 3 aromatic rings. The van der Waals surface area contributed by atoms with Crippen molar-refractivity contribution in [1.82, 2.24) is 31.5 Å². The lowest BCUT2D eigenvalue weighted by molar-refractivity contribution is -0.671. The Morgan fingerprint density at radius 3 is 2.12 bits per heavy atom. The van der Waals surface area contributed by atoms with Crippen molar-refractivity contribution >= 4 is 41.4 Å². The summed E-state index contributed by atoms with van der Waals surface area (Å²) in [6, 6.07) is 13.5. The summed E-state index contributed by atoms with van der Waals surface area (Å²) < 4.78 is 8.12. The maximum atomic E-state index is 14.4. The van der Waals surface area contributed by atoms with Crippen molar-refractivity contribution in [3.8, 4) is 5.75 Å². The number of aromatic nitrogens is 1. The van der Waals surface area contributed by atoms with E-state index in [2.05, 4.69) is 67.3 Å². The molecule has 1 saturated heterocycles. The van der Waals surface area contributed by atoms with Gasteiger partial charge >= 0.3 is 5.97 Å². The second-order valence-corrected chi connectivity index (χ2v) is 26.9. The Labute approximate surface area is 522 Å². The number of hydrogen-bond acceptors (Lipinski definition) is 9. The van der Waals surface area contributed by atoms with Crippen LogP contribution >= 0.6 is 0 Å². The normalized spacial score (nSPS) is 25.9. The molecule has 6 amide bonds. The molecule has 2 aromatic carbocycles. The fraction of sp³-hybridized carbons (Fsp3) is 0.618. The number of likely N-dealkylation sites (tertiary alicyclic amines) is 1. The van der Waals surface area contributed by atoms with E-state index in [1.165, 1.54) is 74.5 Å². The fourth-order valence-corrected chi connectivity index (χ4v) is 15.5. The molecule has 13 atom stereocenters. The van der Waals surface area contributed by atoms with Crippen LogP contribution in [0.25, 0.3) is 0 Å². The summed E-state index contributed by atoms with van der Waals surface area (Å²) in [6.45, 7) is 17.5. The van der Waals surface area contributed by atoms with Gasteiger partial charge in [-0.05, 0) is 153 Å². The van der Waals surface area contributed by atoms with Crippen LogP contribution in [0.3, 0.4) is 0 Å². The predicted octanol–water partition coefficient (Wildman–Crippen LogP) is 5.39. The van der Waals surface area contributed by atoms with Gasteiger partial charge in [0, 0.05) is 31.9 Å². The van der Waals surface area contributed by atoms with Crippen molar-refractivity contribution in [3.63, 3.8) is 0 Å². The van der Waals surface area contributed by atoms with Crippen molar-refractivity contribution in [2.75, 3.05) is 13.1 Å². The number of benzene rings is 2. The number of nitrogens with one attached hydrogen (secondary N) is 5. The van der Waals surface area contributed by atoms with Gasteiger partial charge in [0.15, 0.2) is 12.4 Å². The molecule has 2 heterocycles. The van der Waals surface area contributed by atoms with Gasteiger partial charge in [-0.2, -0.15) is 0 Å². The molecule has 0 bridgehead atoms. The fourth-order valence-electron chi connectivity index (χ4n) is 15.5. The number of phenolic OH excluding ortho intramolecular Hbond substituents is 1. The number of amides is 6. The summed E-state index contributed by atoms with van der Waals surface area (Å²) in [6.07, 6.45) is 19.8. The van der Waals surface area contributed by atoms with Crippen molar-refractivity contribution in [1.29, 1.82) is 0 Å². The Kier molecular flexibility index (Phi) is 23.3. The van der Waals surface area contributed by atoms with Crippen molar-refractivity contribution in [2.45, 2.75) is 194 Å². The number of pyridine rings is 1. The summed E-state index contributed by atoms with van der Waals surface area (Å²) in [7, 11) is 1.80. The van der Waals surface area contributed by atoms with Gasteiger partial charge in [0.05, 0.1) is 6.54 Å². The number of ether oxygens (including phenoxy) is 1. The Bertz CT molecular complexity index is 2850. The van der Waals surface area contributed by atoms with Gasteiger partial charge in [0.2, 0.25) is 29.5 Å². The van der Waals surface area contributed by atoms with Crippen LogP contribution in [0.15, 0.2) is 90.8 Å². The molecule has 0 unspecified atom stereocenters. The third kappa shape index (κ3) is 16.6. The molecule has 0 radical (unpaired) electrons. The first-order chi connectivity index (χ1) is 40.0. The molecule has 0 spiro atoms. The SMILES string of the molecule is CC(C)CCC[C@@H](C)[C@H]1CC[C@H]2[C@@H]3CC=C4C[C@@H](OC(=O)[C@@H](CC(C)C)NC(=O)[C@H](Cc5ccccc5)NC(=O)CNC(=O)[C@@H](C)NC(=O)[C@H](Cc5ccc(O)cc5)NC(=O)[C@@H]5CCCN5C(=O)c5ccc[n+](C)c5)CC[C@]4(C)[C@H]3CC[C@]12C.[I-].